The molecule has 0 rings (SSSR count). The lowest BCUT2D eigenvalue weighted by Crippen LogP contribution is -2.48. The summed E-state index contributed by atoms with van der Waals surface area (Å²) in [6, 6.07) is -0.470. The average molecular weight is 243 g/mol. The van der Waals surface area contributed by atoms with Gasteiger partial charge in [-0.15, -0.1) is 0 Å². The zero-order valence-electron chi connectivity index (χ0n) is 12.0. The third-order valence-corrected chi connectivity index (χ3v) is 2.94. The van der Waals surface area contributed by atoms with E-state index in [0.29, 0.717) is 0 Å². The number of carbonyl (C=O) groups excluding carboxylic acids is 2. The van der Waals surface area contributed by atoms with Crippen LogP contribution in [-0.2, 0) is 9.53 Å². The third-order valence-electron chi connectivity index (χ3n) is 2.94. The summed E-state index contributed by atoms with van der Waals surface area (Å²) in [6.45, 7) is 11.3. The Morgan fingerprint density at radius 1 is 1.29 bits per heavy atom. The molecule has 4 nitrogen and oxygen atoms in total. The van der Waals surface area contributed by atoms with Crippen LogP contribution in [0.2, 0.25) is 0 Å². The summed E-state index contributed by atoms with van der Waals surface area (Å²) in [4.78, 5) is 24.4. The second-order valence-electron chi connectivity index (χ2n) is 6.01. The van der Waals surface area contributed by atoms with Gasteiger partial charge in [-0.2, -0.15) is 0 Å². The van der Waals surface area contributed by atoms with E-state index in [-0.39, 0.29) is 5.41 Å². The minimum atomic E-state index is -0.546. The Labute approximate surface area is 104 Å². The van der Waals surface area contributed by atoms with Crippen LogP contribution < -0.4 is 0 Å². The van der Waals surface area contributed by atoms with Crippen LogP contribution in [0.1, 0.15) is 48.0 Å². The maximum atomic E-state index is 11.9. The largest absolute Gasteiger partial charge is 0.444 e. The molecule has 0 aromatic rings. The summed E-state index contributed by atoms with van der Waals surface area (Å²) in [5.41, 5.74) is -0.803. The second-order valence-corrected chi connectivity index (χ2v) is 6.01. The molecule has 0 heterocycles. The molecule has 0 radical (unpaired) electrons. The fourth-order valence-electron chi connectivity index (χ4n) is 1.46. The number of nitrogens with zero attached hydrogens (tertiary/aromatic N) is 1. The molecule has 0 saturated carbocycles. The molecule has 0 fully saturated rings. The molecule has 0 bridgehead atoms. The van der Waals surface area contributed by atoms with E-state index in [1.165, 1.54) is 4.90 Å². The minimum absolute atomic E-state index is 0.257. The highest BCUT2D eigenvalue weighted by atomic mass is 16.6. The molecular weight excluding hydrogens is 218 g/mol. The first kappa shape index (κ1) is 15.9. The summed E-state index contributed by atoms with van der Waals surface area (Å²) < 4.78 is 5.25. The minimum Gasteiger partial charge on any atom is -0.444 e. The molecule has 0 spiro atoms. The molecule has 0 aliphatic rings. The van der Waals surface area contributed by atoms with Crippen LogP contribution in [0, 0.1) is 5.41 Å². The molecule has 0 aromatic carbocycles. The number of carbonyl (C=O) groups is 2. The molecule has 1 unspecified atom stereocenters. The van der Waals surface area contributed by atoms with Gasteiger partial charge in [-0.1, -0.05) is 20.8 Å². The normalized spacial score (nSPS) is 14.1. The molecule has 4 heteroatoms. The number of likely N-dealkylation sites (N-methyl/N-ethyl adjacent to an activating group) is 1. The Kier molecular flexibility index (Phi) is 5.17. The number of hydrogen-bond donors (Lipinski definition) is 0. The standard InChI is InChI=1S/C13H25NO3/c1-8-13(5,6)10(9-15)14(7)11(16)17-12(2,3)4/h9-10H,8H2,1-7H3. The van der Waals surface area contributed by atoms with Crippen LogP contribution in [0.25, 0.3) is 0 Å². The lowest BCUT2D eigenvalue weighted by Gasteiger charge is -2.36. The maximum absolute atomic E-state index is 11.9. The van der Waals surface area contributed by atoms with Crippen LogP contribution in [0.4, 0.5) is 4.79 Å². The van der Waals surface area contributed by atoms with Crippen LogP contribution in [-0.4, -0.2) is 36.0 Å². The highest BCUT2D eigenvalue weighted by molar-refractivity contribution is 5.74. The van der Waals surface area contributed by atoms with E-state index >= 15 is 0 Å². The van der Waals surface area contributed by atoms with E-state index in [2.05, 4.69) is 0 Å². The van der Waals surface area contributed by atoms with Gasteiger partial charge in [0.2, 0.25) is 0 Å². The maximum Gasteiger partial charge on any atom is 0.410 e. The van der Waals surface area contributed by atoms with Gasteiger partial charge in [0.15, 0.2) is 0 Å². The lowest BCUT2D eigenvalue weighted by atomic mass is 9.82. The molecule has 1 atom stereocenters. The number of aldehydes is 1. The van der Waals surface area contributed by atoms with Crippen molar-refractivity contribution in [3.8, 4) is 0 Å². The molecule has 0 aromatic heterocycles. The van der Waals surface area contributed by atoms with Gasteiger partial charge in [-0.3, -0.25) is 0 Å². The van der Waals surface area contributed by atoms with Crippen molar-refractivity contribution in [3.63, 3.8) is 0 Å². The number of amides is 1. The van der Waals surface area contributed by atoms with Crippen molar-refractivity contribution in [2.75, 3.05) is 7.05 Å². The van der Waals surface area contributed by atoms with Crippen molar-refractivity contribution in [3.05, 3.63) is 0 Å². The molecule has 1 amide bonds. The Morgan fingerprint density at radius 3 is 2.06 bits per heavy atom. The molecular formula is C13H25NO3. The van der Waals surface area contributed by atoms with E-state index < -0.39 is 17.7 Å². The van der Waals surface area contributed by atoms with E-state index in [4.69, 9.17) is 4.74 Å². The smallest absolute Gasteiger partial charge is 0.410 e. The topological polar surface area (TPSA) is 46.6 Å². The summed E-state index contributed by atoms with van der Waals surface area (Å²) in [5.74, 6) is 0. The summed E-state index contributed by atoms with van der Waals surface area (Å²) in [7, 11) is 1.60. The molecule has 0 aliphatic carbocycles. The number of hydrogen-bond acceptors (Lipinski definition) is 3. The molecule has 0 aliphatic heterocycles. The van der Waals surface area contributed by atoms with Gasteiger partial charge in [-0.05, 0) is 32.6 Å². The fraction of sp³-hybridized carbons (Fsp3) is 0.846. The molecule has 17 heavy (non-hydrogen) atoms. The van der Waals surface area contributed by atoms with E-state index in [9.17, 15) is 9.59 Å². The fourth-order valence-corrected chi connectivity index (χ4v) is 1.46. The van der Waals surface area contributed by atoms with Crippen molar-refractivity contribution in [1.29, 1.82) is 0 Å². The number of rotatable bonds is 4. The van der Waals surface area contributed by atoms with Gasteiger partial charge in [0.1, 0.15) is 11.9 Å². The first-order valence-corrected chi connectivity index (χ1v) is 5.96. The Morgan fingerprint density at radius 2 is 1.76 bits per heavy atom. The SMILES string of the molecule is CCC(C)(C)C(C=O)N(C)C(=O)OC(C)(C)C. The third kappa shape index (κ3) is 4.75. The van der Waals surface area contributed by atoms with E-state index in [0.717, 1.165) is 12.7 Å². The van der Waals surface area contributed by atoms with Crippen molar-refractivity contribution in [2.24, 2.45) is 5.41 Å². The van der Waals surface area contributed by atoms with Gasteiger partial charge < -0.3 is 14.4 Å². The van der Waals surface area contributed by atoms with Gasteiger partial charge in [0.25, 0.3) is 0 Å². The van der Waals surface area contributed by atoms with Crippen molar-refractivity contribution >= 4 is 12.4 Å². The highest BCUT2D eigenvalue weighted by Gasteiger charge is 2.35. The van der Waals surface area contributed by atoms with Crippen molar-refractivity contribution in [2.45, 2.75) is 59.6 Å². The summed E-state index contributed by atoms with van der Waals surface area (Å²) in [5, 5.41) is 0. The summed E-state index contributed by atoms with van der Waals surface area (Å²) in [6.07, 6.45) is 1.16. The van der Waals surface area contributed by atoms with Gasteiger partial charge in [0, 0.05) is 7.05 Å². The van der Waals surface area contributed by atoms with Crippen LogP contribution >= 0.6 is 0 Å². The van der Waals surface area contributed by atoms with Crippen molar-refractivity contribution in [1.82, 2.24) is 4.90 Å². The Hall–Kier alpha value is -1.06. The highest BCUT2D eigenvalue weighted by Crippen LogP contribution is 2.27. The summed E-state index contributed by atoms with van der Waals surface area (Å²) >= 11 is 0. The predicted molar refractivity (Wildman–Crippen MR) is 67.9 cm³/mol. The number of ether oxygens (including phenoxy) is 1. The first-order valence-electron chi connectivity index (χ1n) is 5.96. The zero-order valence-corrected chi connectivity index (χ0v) is 12.0. The van der Waals surface area contributed by atoms with Crippen LogP contribution in [0.5, 0.6) is 0 Å². The van der Waals surface area contributed by atoms with Crippen LogP contribution in [0.3, 0.4) is 0 Å². The quantitative estimate of drug-likeness (QED) is 0.713. The van der Waals surface area contributed by atoms with Gasteiger partial charge in [0.05, 0.1) is 6.04 Å². The molecule has 0 N–H and O–H groups in total. The molecule has 0 saturated heterocycles. The van der Waals surface area contributed by atoms with E-state index in [1.807, 2.05) is 20.8 Å². The van der Waals surface area contributed by atoms with Crippen LogP contribution in [0.15, 0.2) is 0 Å². The average Bonchev–Trinajstić information content (AvgIpc) is 2.15. The Bertz CT molecular complexity index is 279. The zero-order chi connectivity index (χ0) is 13.9. The predicted octanol–water partition coefficient (Wildman–Crippen LogP) is 2.86. The monoisotopic (exact) mass is 243 g/mol. The Balaban J connectivity index is 4.83. The first-order chi connectivity index (χ1) is 7.55. The van der Waals surface area contributed by atoms with Crippen molar-refractivity contribution < 1.29 is 14.3 Å². The molecule has 100 valence electrons. The second kappa shape index (κ2) is 5.52. The van der Waals surface area contributed by atoms with E-state index in [1.54, 1.807) is 27.8 Å². The lowest BCUT2D eigenvalue weighted by molar-refractivity contribution is -0.115. The van der Waals surface area contributed by atoms with Gasteiger partial charge in [-0.25, -0.2) is 4.79 Å². The van der Waals surface area contributed by atoms with Gasteiger partial charge >= 0.3 is 6.09 Å².